The minimum Gasteiger partial charge on any atom is -0.345 e. The van der Waals surface area contributed by atoms with Crippen molar-refractivity contribution in [1.82, 2.24) is 19.6 Å². The maximum absolute atomic E-state index is 13.1. The van der Waals surface area contributed by atoms with Crippen LogP contribution in [-0.2, 0) is 0 Å². The highest BCUT2D eigenvalue weighted by Crippen LogP contribution is 2.30. The molecule has 9 heteroatoms. The van der Waals surface area contributed by atoms with E-state index < -0.39 is 0 Å². The van der Waals surface area contributed by atoms with Crippen LogP contribution in [0.3, 0.4) is 0 Å². The maximum atomic E-state index is 13.1. The van der Waals surface area contributed by atoms with Crippen molar-refractivity contribution in [3.63, 3.8) is 0 Å². The molecule has 1 saturated heterocycles. The third-order valence-electron chi connectivity index (χ3n) is 5.01. The van der Waals surface area contributed by atoms with Gasteiger partial charge in [0.25, 0.3) is 0 Å². The highest BCUT2D eigenvalue weighted by atomic mass is 32.1. The fraction of sp³-hybridized carbons (Fsp3) is 0.316. The summed E-state index contributed by atoms with van der Waals surface area (Å²) >= 11 is 3.36. The second-order valence-corrected chi connectivity index (χ2v) is 8.97. The molecule has 4 aromatic rings. The van der Waals surface area contributed by atoms with Crippen molar-refractivity contribution in [1.29, 1.82) is 0 Å². The van der Waals surface area contributed by atoms with Crippen LogP contribution in [0.4, 0.5) is 14.7 Å². The van der Waals surface area contributed by atoms with Gasteiger partial charge in [-0.05, 0) is 38.1 Å². The smallest absolute Gasteiger partial charge is 0.214 e. The molecule has 0 saturated carbocycles. The summed E-state index contributed by atoms with van der Waals surface area (Å²) < 4.78 is 14.9. The number of benzene rings is 1. The van der Waals surface area contributed by atoms with E-state index in [1.54, 1.807) is 34.8 Å². The number of aromatic nitrogens is 4. The second kappa shape index (κ2) is 6.82. The number of rotatable bonds is 3. The highest BCUT2D eigenvalue weighted by Gasteiger charge is 2.23. The van der Waals surface area contributed by atoms with Gasteiger partial charge in [-0.1, -0.05) is 11.3 Å². The average molecular weight is 415 g/mol. The van der Waals surface area contributed by atoms with Crippen LogP contribution in [0.2, 0.25) is 0 Å². The number of aryl methyl sites for hydroxylation is 2. The summed E-state index contributed by atoms with van der Waals surface area (Å²) in [7, 11) is 0. The van der Waals surface area contributed by atoms with Crippen molar-refractivity contribution < 1.29 is 4.39 Å². The van der Waals surface area contributed by atoms with Crippen molar-refractivity contribution in [3.05, 3.63) is 46.9 Å². The Morgan fingerprint density at radius 3 is 2.18 bits per heavy atom. The monoisotopic (exact) mass is 414 g/mol. The first-order valence-corrected chi connectivity index (χ1v) is 10.8. The molecule has 144 valence electrons. The Kier molecular flexibility index (Phi) is 4.28. The van der Waals surface area contributed by atoms with Gasteiger partial charge in [-0.25, -0.2) is 18.9 Å². The molecular weight excluding hydrogens is 395 g/mol. The lowest BCUT2D eigenvalue weighted by molar-refractivity contribution is 0.628. The molecule has 0 spiro atoms. The SMILES string of the molecule is Cc1nc(N2CCN(c3nn4cc(-c5ccc(F)cc5)nc4s3)CC2)sc1C. The number of thiazole rings is 1. The van der Waals surface area contributed by atoms with Gasteiger partial charge in [0.15, 0.2) is 5.13 Å². The Labute approximate surface area is 169 Å². The predicted octanol–water partition coefficient (Wildman–Crippen LogP) is 4.00. The van der Waals surface area contributed by atoms with Crippen LogP contribution in [0.15, 0.2) is 30.5 Å². The Morgan fingerprint density at radius 2 is 1.57 bits per heavy atom. The fourth-order valence-electron chi connectivity index (χ4n) is 3.26. The standard InChI is InChI=1S/C19H19FN6S2/c1-12-13(2)27-17(21-12)24-7-9-25(10-8-24)19-23-26-11-16(22-18(26)28-19)14-3-5-15(20)6-4-14/h3-6,11H,7-10H2,1-2H3. The number of piperazine rings is 1. The third-order valence-corrected chi connectivity index (χ3v) is 7.13. The minimum atomic E-state index is -0.243. The van der Waals surface area contributed by atoms with E-state index in [1.807, 2.05) is 10.7 Å². The van der Waals surface area contributed by atoms with Gasteiger partial charge >= 0.3 is 0 Å². The summed E-state index contributed by atoms with van der Waals surface area (Å²) in [5, 5.41) is 6.81. The molecule has 1 aliphatic rings. The molecule has 5 rings (SSSR count). The summed E-state index contributed by atoms with van der Waals surface area (Å²) in [5.74, 6) is -0.243. The third kappa shape index (κ3) is 3.14. The molecule has 1 fully saturated rings. The quantitative estimate of drug-likeness (QED) is 0.507. The average Bonchev–Trinajstić information content (AvgIpc) is 3.36. The van der Waals surface area contributed by atoms with Crippen LogP contribution in [-0.4, -0.2) is 45.8 Å². The molecule has 0 radical (unpaired) electrons. The molecule has 28 heavy (non-hydrogen) atoms. The zero-order valence-electron chi connectivity index (χ0n) is 15.6. The lowest BCUT2D eigenvalue weighted by Crippen LogP contribution is -2.46. The van der Waals surface area contributed by atoms with E-state index in [2.05, 4.69) is 33.6 Å². The number of halogens is 1. The Morgan fingerprint density at radius 1 is 0.893 bits per heavy atom. The van der Waals surface area contributed by atoms with E-state index in [4.69, 9.17) is 5.10 Å². The number of anilines is 2. The summed E-state index contributed by atoms with van der Waals surface area (Å²) in [6, 6.07) is 6.38. The van der Waals surface area contributed by atoms with E-state index in [0.717, 1.165) is 58.4 Å². The number of imidazole rings is 1. The summed E-state index contributed by atoms with van der Waals surface area (Å²) in [5.41, 5.74) is 2.83. The van der Waals surface area contributed by atoms with Crippen LogP contribution >= 0.6 is 22.7 Å². The zero-order chi connectivity index (χ0) is 19.3. The molecule has 0 bridgehead atoms. The van der Waals surface area contributed by atoms with Gasteiger partial charge in [0, 0.05) is 36.6 Å². The van der Waals surface area contributed by atoms with Crippen molar-refractivity contribution in [2.24, 2.45) is 0 Å². The molecule has 0 atom stereocenters. The number of hydrogen-bond donors (Lipinski definition) is 0. The van der Waals surface area contributed by atoms with Crippen molar-refractivity contribution in [3.8, 4) is 11.3 Å². The fourth-order valence-corrected chi connectivity index (χ4v) is 5.15. The van der Waals surface area contributed by atoms with Gasteiger partial charge in [-0.2, -0.15) is 0 Å². The molecule has 0 aliphatic carbocycles. The Hall–Kier alpha value is -2.52. The van der Waals surface area contributed by atoms with E-state index in [9.17, 15) is 4.39 Å². The van der Waals surface area contributed by atoms with Crippen molar-refractivity contribution in [2.45, 2.75) is 13.8 Å². The first kappa shape index (κ1) is 17.6. The topological polar surface area (TPSA) is 49.6 Å². The van der Waals surface area contributed by atoms with Gasteiger partial charge in [0.1, 0.15) is 5.82 Å². The minimum absolute atomic E-state index is 0.243. The molecule has 3 aromatic heterocycles. The van der Waals surface area contributed by atoms with Crippen molar-refractivity contribution >= 4 is 37.9 Å². The van der Waals surface area contributed by atoms with Gasteiger partial charge in [-0.3, -0.25) is 0 Å². The first-order valence-electron chi connectivity index (χ1n) is 9.13. The Bertz CT molecular complexity index is 1070. The normalized spacial score (nSPS) is 15.0. The van der Waals surface area contributed by atoms with Crippen LogP contribution in [0.5, 0.6) is 0 Å². The van der Waals surface area contributed by atoms with Crippen LogP contribution < -0.4 is 9.80 Å². The highest BCUT2D eigenvalue weighted by molar-refractivity contribution is 7.20. The van der Waals surface area contributed by atoms with Gasteiger partial charge in [-0.15, -0.1) is 16.4 Å². The number of nitrogens with zero attached hydrogens (tertiary/aromatic N) is 6. The molecular formula is C19H19FN6S2. The van der Waals surface area contributed by atoms with Crippen LogP contribution in [0.25, 0.3) is 16.2 Å². The summed E-state index contributed by atoms with van der Waals surface area (Å²) in [6.45, 7) is 7.90. The largest absolute Gasteiger partial charge is 0.345 e. The summed E-state index contributed by atoms with van der Waals surface area (Å²) in [6.07, 6.45) is 1.90. The van der Waals surface area contributed by atoms with E-state index in [0.29, 0.717) is 0 Å². The molecule has 0 amide bonds. The van der Waals surface area contributed by atoms with E-state index >= 15 is 0 Å². The molecule has 1 aromatic carbocycles. The first-order chi connectivity index (χ1) is 13.6. The summed E-state index contributed by atoms with van der Waals surface area (Å²) in [4.78, 5) is 16.1. The molecule has 6 nitrogen and oxygen atoms in total. The lowest BCUT2D eigenvalue weighted by atomic mass is 10.2. The van der Waals surface area contributed by atoms with E-state index in [-0.39, 0.29) is 5.82 Å². The van der Waals surface area contributed by atoms with Gasteiger partial charge in [0.2, 0.25) is 10.1 Å². The zero-order valence-corrected chi connectivity index (χ0v) is 17.2. The van der Waals surface area contributed by atoms with Gasteiger partial charge in [0.05, 0.1) is 17.6 Å². The van der Waals surface area contributed by atoms with Crippen LogP contribution in [0.1, 0.15) is 10.6 Å². The van der Waals surface area contributed by atoms with Crippen molar-refractivity contribution in [2.75, 3.05) is 36.0 Å². The number of hydrogen-bond acceptors (Lipinski definition) is 7. The molecule has 4 heterocycles. The van der Waals surface area contributed by atoms with Gasteiger partial charge < -0.3 is 9.80 Å². The maximum Gasteiger partial charge on any atom is 0.214 e. The van der Waals surface area contributed by atoms with E-state index in [1.165, 1.54) is 17.0 Å². The Balaban J connectivity index is 1.30. The molecule has 0 unspecified atom stereocenters. The second-order valence-electron chi connectivity index (χ2n) is 6.86. The van der Waals surface area contributed by atoms with Crippen LogP contribution in [0, 0.1) is 19.7 Å². The number of fused-ring (bicyclic) bond motifs is 1. The predicted molar refractivity (Wildman–Crippen MR) is 112 cm³/mol. The lowest BCUT2D eigenvalue weighted by Gasteiger charge is -2.34. The molecule has 1 aliphatic heterocycles. The molecule has 0 N–H and O–H groups in total.